The molecule has 3 aromatic carbocycles. The van der Waals surface area contributed by atoms with Crippen LogP contribution in [0.15, 0.2) is 96.8 Å². The van der Waals surface area contributed by atoms with Gasteiger partial charge in [0.2, 0.25) is 0 Å². The van der Waals surface area contributed by atoms with Gasteiger partial charge in [0.15, 0.2) is 5.76 Å². The molecule has 0 bridgehead atoms. The van der Waals surface area contributed by atoms with Crippen LogP contribution in [0, 0.1) is 10.1 Å². The van der Waals surface area contributed by atoms with E-state index in [2.05, 4.69) is 5.32 Å². The monoisotopic (exact) mass is 566 g/mol. The highest BCUT2D eigenvalue weighted by atomic mass is 19.4. The number of methoxy groups -OCH3 is 1. The minimum atomic E-state index is -4.50. The molecule has 0 aromatic heterocycles. The highest BCUT2D eigenvalue weighted by molar-refractivity contribution is 5.94. The average molecular weight is 567 g/mol. The summed E-state index contributed by atoms with van der Waals surface area (Å²) < 4.78 is 44.1. The number of nitrogens with zero attached hydrogens (tertiary/aromatic N) is 1. The number of aliphatic hydroxyl groups is 1. The van der Waals surface area contributed by atoms with Gasteiger partial charge in [0.25, 0.3) is 0 Å². The third-order valence-corrected chi connectivity index (χ3v) is 6.85. The maximum atomic E-state index is 13.4. The van der Waals surface area contributed by atoms with E-state index in [4.69, 9.17) is 4.74 Å². The molecule has 2 N–H and O–H groups in total. The number of carbonyl (C=O) groups excluding carboxylic acids is 2. The maximum absolute atomic E-state index is 13.4. The number of esters is 1. The van der Waals surface area contributed by atoms with Crippen LogP contribution in [0.25, 0.3) is 16.7 Å². The van der Waals surface area contributed by atoms with Gasteiger partial charge in [-0.05, 0) is 46.0 Å². The number of alkyl halides is 3. The van der Waals surface area contributed by atoms with E-state index in [0.717, 1.165) is 25.3 Å². The normalized spacial score (nSPS) is 17.6. The van der Waals surface area contributed by atoms with Crippen molar-refractivity contribution in [1.82, 2.24) is 5.32 Å². The number of halogens is 3. The molecule has 3 aromatic rings. The molecule has 2 atom stereocenters. The first-order valence-corrected chi connectivity index (χ1v) is 12.4. The van der Waals surface area contributed by atoms with Crippen LogP contribution in [-0.2, 0) is 26.9 Å². The van der Waals surface area contributed by atoms with Gasteiger partial charge >= 0.3 is 23.6 Å². The van der Waals surface area contributed by atoms with E-state index in [-0.39, 0.29) is 6.42 Å². The van der Waals surface area contributed by atoms with E-state index in [1.54, 1.807) is 54.6 Å². The summed E-state index contributed by atoms with van der Waals surface area (Å²) in [6, 6.07) is 18.4. The minimum Gasteiger partial charge on any atom is -0.505 e. The summed E-state index contributed by atoms with van der Waals surface area (Å²) >= 11 is 0. The van der Waals surface area contributed by atoms with Crippen LogP contribution < -0.4 is 5.32 Å². The molecular formula is C30H25F3N2O6. The number of hydrogen-bond donors (Lipinski definition) is 2. The molecular weight excluding hydrogens is 541 g/mol. The lowest BCUT2D eigenvalue weighted by molar-refractivity contribution is -0.544. The fraction of sp³-hybridized carbons (Fsp3) is 0.200. The molecule has 4 rings (SSSR count). The Morgan fingerprint density at radius 2 is 1.66 bits per heavy atom. The number of rotatable bonds is 8. The number of allylic oxidation sites excluding steroid dienone is 2. The molecule has 8 nitrogen and oxygen atoms in total. The van der Waals surface area contributed by atoms with Gasteiger partial charge < -0.3 is 15.2 Å². The summed E-state index contributed by atoms with van der Waals surface area (Å²) in [4.78, 5) is 37.4. The lowest BCUT2D eigenvalue weighted by atomic mass is 9.81. The lowest BCUT2D eigenvalue weighted by Crippen LogP contribution is -2.58. The van der Waals surface area contributed by atoms with Crippen molar-refractivity contribution in [3.8, 4) is 11.1 Å². The molecule has 212 valence electrons. The Morgan fingerprint density at radius 3 is 2.27 bits per heavy atom. The molecule has 0 aliphatic heterocycles. The van der Waals surface area contributed by atoms with Crippen molar-refractivity contribution < 1.29 is 37.5 Å². The molecule has 0 saturated carbocycles. The van der Waals surface area contributed by atoms with Gasteiger partial charge in [0.1, 0.15) is 6.04 Å². The summed E-state index contributed by atoms with van der Waals surface area (Å²) in [5.41, 5.74) is -0.991. The Morgan fingerprint density at radius 1 is 1.00 bits per heavy atom. The van der Waals surface area contributed by atoms with Crippen molar-refractivity contribution in [3.63, 3.8) is 0 Å². The quantitative estimate of drug-likeness (QED) is 0.211. The zero-order chi connectivity index (χ0) is 29.8. The van der Waals surface area contributed by atoms with Crippen molar-refractivity contribution in [3.05, 3.63) is 124 Å². The molecule has 41 heavy (non-hydrogen) atoms. The topological polar surface area (TPSA) is 119 Å². The summed E-state index contributed by atoms with van der Waals surface area (Å²) in [7, 11) is 1.09. The second-order valence-corrected chi connectivity index (χ2v) is 9.43. The van der Waals surface area contributed by atoms with E-state index in [1.807, 2.05) is 0 Å². The molecule has 0 fully saturated rings. The molecule has 0 heterocycles. The van der Waals surface area contributed by atoms with E-state index >= 15 is 0 Å². The van der Waals surface area contributed by atoms with Crippen LogP contribution in [0.1, 0.15) is 23.1 Å². The Bertz CT molecular complexity index is 1520. The Kier molecular flexibility index (Phi) is 8.27. The summed E-state index contributed by atoms with van der Waals surface area (Å²) in [5, 5.41) is 25.2. The average Bonchev–Trinajstić information content (AvgIpc) is 2.97. The molecule has 0 saturated heterocycles. The van der Waals surface area contributed by atoms with Crippen molar-refractivity contribution in [2.75, 3.05) is 7.11 Å². The third kappa shape index (κ3) is 6.13. The van der Waals surface area contributed by atoms with Crippen molar-refractivity contribution in [2.24, 2.45) is 0 Å². The van der Waals surface area contributed by atoms with E-state index < -0.39 is 52.3 Å². The van der Waals surface area contributed by atoms with Crippen molar-refractivity contribution >= 4 is 17.4 Å². The number of carbonyl (C=O) groups is 2. The number of nitrogens with one attached hydrogen (secondary N) is 1. The van der Waals surface area contributed by atoms with Gasteiger partial charge in [-0.2, -0.15) is 13.2 Å². The first-order chi connectivity index (χ1) is 19.5. The Balaban J connectivity index is 1.57. The van der Waals surface area contributed by atoms with Crippen LogP contribution >= 0.6 is 0 Å². The number of hydrogen-bond acceptors (Lipinski definition) is 6. The van der Waals surface area contributed by atoms with Gasteiger partial charge in [-0.15, -0.1) is 0 Å². The van der Waals surface area contributed by atoms with Gasteiger partial charge in [0, 0.05) is 11.3 Å². The number of amides is 1. The van der Waals surface area contributed by atoms with Gasteiger partial charge in [0.05, 0.1) is 19.1 Å². The predicted octanol–water partition coefficient (Wildman–Crippen LogP) is 5.52. The maximum Gasteiger partial charge on any atom is 0.416 e. The van der Waals surface area contributed by atoms with Gasteiger partial charge in [-0.25, -0.2) is 4.79 Å². The molecule has 11 heteroatoms. The van der Waals surface area contributed by atoms with Crippen molar-refractivity contribution in [1.29, 1.82) is 0 Å². The first kappa shape index (κ1) is 29.1. The Hall–Kier alpha value is -4.93. The number of aliphatic hydroxyl groups excluding tert-OH is 1. The predicted molar refractivity (Wildman–Crippen MR) is 144 cm³/mol. The smallest absolute Gasteiger partial charge is 0.416 e. The van der Waals surface area contributed by atoms with Crippen molar-refractivity contribution in [2.45, 2.75) is 30.6 Å². The molecule has 1 aliphatic rings. The van der Waals surface area contributed by atoms with E-state index in [9.17, 15) is 38.0 Å². The Labute approximate surface area is 232 Å². The van der Waals surface area contributed by atoms with Gasteiger partial charge in [-0.3, -0.25) is 14.9 Å². The zero-order valence-electron chi connectivity index (χ0n) is 21.7. The summed E-state index contributed by atoms with van der Waals surface area (Å²) in [6.45, 7) is 0. The van der Waals surface area contributed by atoms with E-state index in [1.165, 1.54) is 18.2 Å². The largest absolute Gasteiger partial charge is 0.505 e. The fourth-order valence-corrected chi connectivity index (χ4v) is 4.59. The van der Waals surface area contributed by atoms with Crippen LogP contribution in [-0.4, -0.2) is 40.6 Å². The minimum absolute atomic E-state index is 0.138. The molecule has 0 radical (unpaired) electrons. The van der Waals surface area contributed by atoms with Gasteiger partial charge in [-0.1, -0.05) is 72.8 Å². The molecule has 0 spiro atoms. The first-order valence-electron chi connectivity index (χ1n) is 12.4. The number of nitro groups is 1. The number of ether oxygens (including phenoxy) is 1. The SMILES string of the molecule is COC(=O)[C@H](Cc1ccc(-c2cccc(C(F)(F)F)c2)cc1)NC(=O)C1([N+](=O)[O-])CC(c2ccccc2)=CC=C1O. The number of benzene rings is 3. The molecule has 1 unspecified atom stereocenters. The molecule has 1 amide bonds. The van der Waals surface area contributed by atoms with Crippen LogP contribution in [0.5, 0.6) is 0 Å². The summed E-state index contributed by atoms with van der Waals surface area (Å²) in [6.07, 6.45) is -2.52. The highest BCUT2D eigenvalue weighted by Crippen LogP contribution is 2.36. The zero-order valence-corrected chi connectivity index (χ0v) is 21.7. The lowest BCUT2D eigenvalue weighted by Gasteiger charge is -2.28. The van der Waals surface area contributed by atoms with Crippen LogP contribution in [0.4, 0.5) is 13.2 Å². The fourth-order valence-electron chi connectivity index (χ4n) is 4.59. The third-order valence-electron chi connectivity index (χ3n) is 6.85. The second-order valence-electron chi connectivity index (χ2n) is 9.43. The van der Waals surface area contributed by atoms with E-state index in [0.29, 0.717) is 27.8 Å². The molecule has 1 aliphatic carbocycles. The summed E-state index contributed by atoms with van der Waals surface area (Å²) in [5.74, 6) is -2.86. The standard InChI is InChI=1S/C30H25F3N2O6/c1-41-27(37)25(16-19-10-12-21(13-11-19)22-8-5-9-24(17-22)30(31,32)33)34-28(38)29(35(39)40)18-23(14-15-26(29)36)20-6-3-2-4-7-20/h2-15,17,25,36H,16,18H2,1H3,(H,34,38)/t25-,29?/m0/s1. The van der Waals surface area contributed by atoms with Crippen LogP contribution in [0.2, 0.25) is 0 Å². The van der Waals surface area contributed by atoms with Crippen LogP contribution in [0.3, 0.4) is 0 Å². The second kappa shape index (κ2) is 11.7. The highest BCUT2D eigenvalue weighted by Gasteiger charge is 2.57.